The Bertz CT molecular complexity index is 530. The largest absolute Gasteiger partial charge is 0.493 e. The summed E-state index contributed by atoms with van der Waals surface area (Å²) in [6.07, 6.45) is 3.53. The Kier molecular flexibility index (Phi) is 4.34. The van der Waals surface area contributed by atoms with Crippen molar-refractivity contribution in [1.82, 2.24) is 10.2 Å². The van der Waals surface area contributed by atoms with Gasteiger partial charge in [0.2, 0.25) is 5.75 Å². The molecule has 1 aromatic heterocycles. The van der Waals surface area contributed by atoms with E-state index in [0.29, 0.717) is 17.2 Å². The summed E-state index contributed by atoms with van der Waals surface area (Å²) in [5, 5.41) is 10.0. The summed E-state index contributed by atoms with van der Waals surface area (Å²) in [6, 6.07) is 3.93. The smallest absolute Gasteiger partial charge is 0.203 e. The maximum atomic E-state index is 5.35. The lowest BCUT2D eigenvalue weighted by atomic mass is 10.1. The van der Waals surface area contributed by atoms with Crippen LogP contribution in [0.2, 0.25) is 0 Å². The molecule has 1 aromatic carbocycles. The fraction of sp³-hybridized carbons (Fsp3) is 0.357. The summed E-state index contributed by atoms with van der Waals surface area (Å²) in [5.74, 6) is 1.87. The van der Waals surface area contributed by atoms with Gasteiger partial charge in [-0.25, -0.2) is 0 Å². The zero-order valence-corrected chi connectivity index (χ0v) is 12.1. The lowest BCUT2D eigenvalue weighted by molar-refractivity contribution is 0.323. The molecule has 20 heavy (non-hydrogen) atoms. The molecule has 1 heterocycles. The minimum absolute atomic E-state index is 0.0707. The van der Waals surface area contributed by atoms with Crippen molar-refractivity contribution in [2.75, 3.05) is 26.6 Å². The Labute approximate surface area is 118 Å². The minimum atomic E-state index is 0.0707. The van der Waals surface area contributed by atoms with Crippen LogP contribution in [0.1, 0.15) is 18.5 Å². The molecule has 0 aliphatic carbocycles. The van der Waals surface area contributed by atoms with Crippen LogP contribution in [0.3, 0.4) is 0 Å². The Morgan fingerprint density at radius 1 is 1.10 bits per heavy atom. The molecule has 108 valence electrons. The Morgan fingerprint density at radius 2 is 1.75 bits per heavy atom. The van der Waals surface area contributed by atoms with Gasteiger partial charge >= 0.3 is 0 Å². The molecule has 0 fully saturated rings. The van der Waals surface area contributed by atoms with Crippen LogP contribution >= 0.6 is 0 Å². The fourth-order valence-corrected chi connectivity index (χ4v) is 2.01. The third-order valence-corrected chi connectivity index (χ3v) is 3.07. The van der Waals surface area contributed by atoms with Gasteiger partial charge in [0, 0.05) is 12.2 Å². The molecule has 0 saturated carbocycles. The average molecular weight is 277 g/mol. The second-order valence-corrected chi connectivity index (χ2v) is 4.31. The summed E-state index contributed by atoms with van der Waals surface area (Å²) in [5.41, 5.74) is 1.95. The van der Waals surface area contributed by atoms with E-state index in [2.05, 4.69) is 15.5 Å². The van der Waals surface area contributed by atoms with Gasteiger partial charge in [-0.3, -0.25) is 5.10 Å². The van der Waals surface area contributed by atoms with Gasteiger partial charge in [0.25, 0.3) is 0 Å². The predicted octanol–water partition coefficient (Wildman–Crippen LogP) is 2.61. The molecule has 0 aliphatic rings. The third kappa shape index (κ3) is 2.79. The first-order valence-electron chi connectivity index (χ1n) is 6.24. The van der Waals surface area contributed by atoms with Crippen LogP contribution in [-0.4, -0.2) is 31.5 Å². The van der Waals surface area contributed by atoms with E-state index in [4.69, 9.17) is 14.2 Å². The average Bonchev–Trinajstić information content (AvgIpc) is 2.98. The topological polar surface area (TPSA) is 68.4 Å². The molecule has 6 heteroatoms. The first-order chi connectivity index (χ1) is 9.69. The molecule has 0 spiro atoms. The number of ether oxygens (including phenoxy) is 3. The van der Waals surface area contributed by atoms with E-state index in [1.54, 1.807) is 33.7 Å². The van der Waals surface area contributed by atoms with Crippen molar-refractivity contribution in [2.24, 2.45) is 0 Å². The summed E-state index contributed by atoms with van der Waals surface area (Å²) >= 11 is 0. The highest BCUT2D eigenvalue weighted by atomic mass is 16.5. The number of nitrogens with zero attached hydrogens (tertiary/aromatic N) is 1. The normalized spacial score (nSPS) is 11.8. The van der Waals surface area contributed by atoms with Crippen LogP contribution in [0.25, 0.3) is 0 Å². The number of aromatic nitrogens is 2. The van der Waals surface area contributed by atoms with Gasteiger partial charge in [-0.15, -0.1) is 0 Å². The van der Waals surface area contributed by atoms with Crippen molar-refractivity contribution >= 4 is 5.69 Å². The molecule has 2 N–H and O–H groups in total. The lowest BCUT2D eigenvalue weighted by Crippen LogP contribution is -2.07. The molecule has 0 saturated heterocycles. The minimum Gasteiger partial charge on any atom is -0.493 e. The molecular formula is C14H19N3O3. The van der Waals surface area contributed by atoms with Gasteiger partial charge in [0.15, 0.2) is 11.5 Å². The molecule has 1 unspecified atom stereocenters. The number of H-pyrrole nitrogens is 1. The van der Waals surface area contributed by atoms with Crippen molar-refractivity contribution in [3.63, 3.8) is 0 Å². The molecule has 0 aliphatic heterocycles. The van der Waals surface area contributed by atoms with Crippen molar-refractivity contribution in [3.8, 4) is 17.2 Å². The highest BCUT2D eigenvalue weighted by molar-refractivity contribution is 5.55. The van der Waals surface area contributed by atoms with E-state index in [-0.39, 0.29) is 6.04 Å². The molecule has 6 nitrogen and oxygen atoms in total. The van der Waals surface area contributed by atoms with Crippen LogP contribution in [0.15, 0.2) is 24.5 Å². The van der Waals surface area contributed by atoms with Crippen molar-refractivity contribution in [1.29, 1.82) is 0 Å². The fourth-order valence-electron chi connectivity index (χ4n) is 2.01. The van der Waals surface area contributed by atoms with E-state index in [1.807, 2.05) is 19.1 Å². The second kappa shape index (κ2) is 6.18. The maximum absolute atomic E-state index is 5.35. The van der Waals surface area contributed by atoms with E-state index in [1.165, 1.54) is 0 Å². The van der Waals surface area contributed by atoms with Crippen LogP contribution in [0.4, 0.5) is 5.69 Å². The first kappa shape index (κ1) is 14.0. The summed E-state index contributed by atoms with van der Waals surface area (Å²) in [7, 11) is 4.80. The number of hydrogen-bond acceptors (Lipinski definition) is 5. The van der Waals surface area contributed by atoms with E-state index >= 15 is 0 Å². The molecular weight excluding hydrogens is 258 g/mol. The van der Waals surface area contributed by atoms with Crippen molar-refractivity contribution < 1.29 is 14.2 Å². The van der Waals surface area contributed by atoms with Gasteiger partial charge in [-0.05, 0) is 24.6 Å². The zero-order chi connectivity index (χ0) is 14.5. The molecule has 2 rings (SSSR count). The Balaban J connectivity index is 2.31. The second-order valence-electron chi connectivity index (χ2n) is 4.31. The molecule has 0 radical (unpaired) electrons. The van der Waals surface area contributed by atoms with Gasteiger partial charge in [0.1, 0.15) is 0 Å². The molecule has 0 amide bonds. The Morgan fingerprint density at radius 3 is 2.20 bits per heavy atom. The van der Waals surface area contributed by atoms with E-state index in [9.17, 15) is 0 Å². The number of anilines is 1. The van der Waals surface area contributed by atoms with Gasteiger partial charge in [-0.2, -0.15) is 5.10 Å². The number of nitrogens with one attached hydrogen (secondary N) is 2. The van der Waals surface area contributed by atoms with Gasteiger partial charge in [-0.1, -0.05) is 0 Å². The highest BCUT2D eigenvalue weighted by Gasteiger charge is 2.16. The van der Waals surface area contributed by atoms with Gasteiger partial charge in [0.05, 0.1) is 33.2 Å². The monoisotopic (exact) mass is 277 g/mol. The number of rotatable bonds is 6. The number of methoxy groups -OCH3 is 3. The van der Waals surface area contributed by atoms with Crippen LogP contribution in [0, 0.1) is 0 Å². The van der Waals surface area contributed by atoms with Crippen LogP contribution < -0.4 is 19.5 Å². The molecule has 2 aromatic rings. The first-order valence-corrected chi connectivity index (χ1v) is 6.24. The number of aromatic amines is 1. The quantitative estimate of drug-likeness (QED) is 0.849. The lowest BCUT2D eigenvalue weighted by Gasteiger charge is -2.18. The zero-order valence-electron chi connectivity index (χ0n) is 12.1. The standard InChI is InChI=1S/C14H19N3O3/c1-9(17-11-7-15-16-8-11)10-5-12(18-2)14(20-4)13(6-10)19-3/h5-9,17H,1-4H3,(H,15,16). The summed E-state index contributed by atoms with van der Waals surface area (Å²) in [4.78, 5) is 0. The predicted molar refractivity (Wildman–Crippen MR) is 76.7 cm³/mol. The SMILES string of the molecule is COc1cc(C(C)Nc2cn[nH]c2)cc(OC)c1OC. The number of hydrogen-bond donors (Lipinski definition) is 2. The third-order valence-electron chi connectivity index (χ3n) is 3.07. The van der Waals surface area contributed by atoms with Crippen LogP contribution in [-0.2, 0) is 0 Å². The van der Waals surface area contributed by atoms with Crippen molar-refractivity contribution in [3.05, 3.63) is 30.1 Å². The van der Waals surface area contributed by atoms with Gasteiger partial charge < -0.3 is 19.5 Å². The van der Waals surface area contributed by atoms with E-state index < -0.39 is 0 Å². The summed E-state index contributed by atoms with van der Waals surface area (Å²) < 4.78 is 16.0. The van der Waals surface area contributed by atoms with Crippen molar-refractivity contribution in [2.45, 2.75) is 13.0 Å². The summed E-state index contributed by atoms with van der Waals surface area (Å²) in [6.45, 7) is 2.05. The number of benzene rings is 1. The van der Waals surface area contributed by atoms with Crippen LogP contribution in [0.5, 0.6) is 17.2 Å². The molecule has 1 atom stereocenters. The Hall–Kier alpha value is -2.37. The highest BCUT2D eigenvalue weighted by Crippen LogP contribution is 2.40. The van der Waals surface area contributed by atoms with E-state index in [0.717, 1.165) is 11.3 Å². The molecule has 0 bridgehead atoms. The maximum Gasteiger partial charge on any atom is 0.203 e.